The molecule has 0 radical (unpaired) electrons. The lowest BCUT2D eigenvalue weighted by atomic mass is 10.1. The molecule has 1 aromatic heterocycles. The Kier molecular flexibility index (Phi) is 4.11. The van der Waals surface area contributed by atoms with Crippen LogP contribution >= 0.6 is 0 Å². The fraction of sp³-hybridized carbons (Fsp3) is 0.556. The van der Waals surface area contributed by atoms with Gasteiger partial charge in [-0.15, -0.1) is 0 Å². The number of anilines is 2. The third-order valence-electron chi connectivity index (χ3n) is 2.20. The van der Waals surface area contributed by atoms with Crippen LogP contribution in [0.4, 0.5) is 11.5 Å². The highest BCUT2D eigenvalue weighted by atomic mass is 16.3. The summed E-state index contributed by atoms with van der Waals surface area (Å²) >= 11 is 0. The molecule has 0 spiro atoms. The molecule has 6 nitrogen and oxygen atoms in total. The molecular formula is C9H16N4O2. The number of nitrogen functional groups attached to an aromatic ring is 1. The number of hydrogen-bond donors (Lipinski definition) is 4. The van der Waals surface area contributed by atoms with Crippen LogP contribution in [0.1, 0.15) is 19.8 Å². The summed E-state index contributed by atoms with van der Waals surface area (Å²) in [6.07, 6.45) is 2.73. The minimum absolute atomic E-state index is 0.0756. The first-order valence-electron chi connectivity index (χ1n) is 4.89. The Morgan fingerprint density at radius 1 is 1.73 bits per heavy atom. The number of nitrogens with one attached hydrogen (secondary N) is 2. The summed E-state index contributed by atoms with van der Waals surface area (Å²) in [6, 6.07) is 0.0756. The third-order valence-corrected chi connectivity index (χ3v) is 2.20. The van der Waals surface area contributed by atoms with Crippen LogP contribution in [0.5, 0.6) is 0 Å². The minimum Gasteiger partial charge on any atom is -0.396 e. The summed E-state index contributed by atoms with van der Waals surface area (Å²) in [5, 5.41) is 11.8. The van der Waals surface area contributed by atoms with Gasteiger partial charge in [-0.1, -0.05) is 6.92 Å². The zero-order chi connectivity index (χ0) is 11.3. The molecular weight excluding hydrogens is 196 g/mol. The fourth-order valence-electron chi connectivity index (χ4n) is 1.25. The number of nitrogens with two attached hydrogens (primary N) is 1. The second-order valence-electron chi connectivity index (χ2n) is 3.26. The lowest BCUT2D eigenvalue weighted by Crippen LogP contribution is -2.24. The van der Waals surface area contributed by atoms with Gasteiger partial charge in [-0.3, -0.25) is 4.79 Å². The molecule has 1 aromatic rings. The molecule has 0 saturated heterocycles. The Balaban J connectivity index is 2.79. The van der Waals surface area contributed by atoms with E-state index in [0.717, 1.165) is 6.42 Å². The second kappa shape index (κ2) is 5.35. The van der Waals surface area contributed by atoms with E-state index >= 15 is 0 Å². The van der Waals surface area contributed by atoms with Crippen LogP contribution in [0.2, 0.25) is 0 Å². The first-order valence-corrected chi connectivity index (χ1v) is 4.89. The number of H-pyrrole nitrogens is 1. The Labute approximate surface area is 87.5 Å². The molecule has 0 aromatic carbocycles. The number of aliphatic hydroxyl groups excluding tert-OH is 1. The van der Waals surface area contributed by atoms with Crippen molar-refractivity contribution in [2.24, 2.45) is 0 Å². The minimum atomic E-state index is -0.355. The molecule has 0 aliphatic rings. The Bertz CT molecular complexity index is 363. The van der Waals surface area contributed by atoms with Crippen molar-refractivity contribution in [2.75, 3.05) is 17.7 Å². The number of hydrogen-bond acceptors (Lipinski definition) is 5. The molecule has 1 rings (SSSR count). The smallest absolute Gasteiger partial charge is 0.276 e. The summed E-state index contributed by atoms with van der Waals surface area (Å²) < 4.78 is 0. The molecule has 0 amide bonds. The van der Waals surface area contributed by atoms with Crippen LogP contribution in [0.3, 0.4) is 0 Å². The van der Waals surface area contributed by atoms with E-state index < -0.39 is 0 Å². The van der Waals surface area contributed by atoms with Crippen molar-refractivity contribution in [3.8, 4) is 0 Å². The number of aromatic amines is 1. The lowest BCUT2D eigenvalue weighted by molar-refractivity contribution is 0.278. The Morgan fingerprint density at radius 2 is 2.47 bits per heavy atom. The van der Waals surface area contributed by atoms with Crippen molar-refractivity contribution < 1.29 is 5.11 Å². The standard InChI is InChI=1S/C9H16N4O2/c1-2-6(3-4-14)13-8-7(10)9(15)12-5-11-8/h5-6,14H,2-4,10H2,1H3,(H2,11,12,13,15). The first-order chi connectivity index (χ1) is 7.19. The number of aliphatic hydroxyl groups is 1. The van der Waals surface area contributed by atoms with E-state index in [1.807, 2.05) is 6.92 Å². The van der Waals surface area contributed by atoms with Gasteiger partial charge in [0.1, 0.15) is 5.69 Å². The number of rotatable bonds is 5. The number of nitrogens with zero attached hydrogens (tertiary/aromatic N) is 1. The van der Waals surface area contributed by atoms with E-state index in [1.54, 1.807) is 0 Å². The van der Waals surface area contributed by atoms with Crippen LogP contribution in [-0.4, -0.2) is 27.7 Å². The van der Waals surface area contributed by atoms with Crippen LogP contribution < -0.4 is 16.6 Å². The van der Waals surface area contributed by atoms with Gasteiger partial charge in [-0.2, -0.15) is 0 Å². The molecule has 1 heterocycles. The second-order valence-corrected chi connectivity index (χ2v) is 3.26. The molecule has 0 aliphatic heterocycles. The maximum atomic E-state index is 11.2. The van der Waals surface area contributed by atoms with Crippen molar-refractivity contribution in [1.29, 1.82) is 0 Å². The van der Waals surface area contributed by atoms with E-state index in [1.165, 1.54) is 6.33 Å². The number of aromatic nitrogens is 2. The quantitative estimate of drug-likeness (QED) is 0.546. The molecule has 1 atom stereocenters. The highest BCUT2D eigenvalue weighted by molar-refractivity contribution is 5.59. The van der Waals surface area contributed by atoms with Gasteiger partial charge in [0.15, 0.2) is 5.82 Å². The highest BCUT2D eigenvalue weighted by Gasteiger charge is 2.09. The zero-order valence-electron chi connectivity index (χ0n) is 8.66. The normalized spacial score (nSPS) is 12.4. The molecule has 15 heavy (non-hydrogen) atoms. The zero-order valence-corrected chi connectivity index (χ0v) is 8.66. The van der Waals surface area contributed by atoms with E-state index in [9.17, 15) is 4.79 Å². The lowest BCUT2D eigenvalue weighted by Gasteiger charge is -2.16. The first kappa shape index (κ1) is 11.5. The van der Waals surface area contributed by atoms with Crippen molar-refractivity contribution in [3.05, 3.63) is 16.7 Å². The third kappa shape index (κ3) is 2.95. The van der Waals surface area contributed by atoms with E-state index in [0.29, 0.717) is 12.2 Å². The molecule has 84 valence electrons. The topological polar surface area (TPSA) is 104 Å². The molecule has 6 heteroatoms. The van der Waals surface area contributed by atoms with Gasteiger partial charge in [0, 0.05) is 12.6 Å². The summed E-state index contributed by atoms with van der Waals surface area (Å²) in [4.78, 5) is 17.5. The van der Waals surface area contributed by atoms with Crippen molar-refractivity contribution in [1.82, 2.24) is 9.97 Å². The molecule has 0 saturated carbocycles. The Hall–Kier alpha value is -1.56. The van der Waals surface area contributed by atoms with Crippen LogP contribution in [0.25, 0.3) is 0 Å². The van der Waals surface area contributed by atoms with Gasteiger partial charge in [-0.05, 0) is 12.8 Å². The summed E-state index contributed by atoms with van der Waals surface area (Å²) in [5.74, 6) is 0.374. The van der Waals surface area contributed by atoms with Gasteiger partial charge < -0.3 is 21.1 Å². The van der Waals surface area contributed by atoms with Gasteiger partial charge >= 0.3 is 0 Å². The molecule has 5 N–H and O–H groups in total. The van der Waals surface area contributed by atoms with Gasteiger partial charge in [0.2, 0.25) is 0 Å². The van der Waals surface area contributed by atoms with Gasteiger partial charge in [0.25, 0.3) is 5.56 Å². The van der Waals surface area contributed by atoms with Crippen LogP contribution in [-0.2, 0) is 0 Å². The molecule has 0 aliphatic carbocycles. The van der Waals surface area contributed by atoms with E-state index in [4.69, 9.17) is 10.8 Å². The van der Waals surface area contributed by atoms with E-state index in [2.05, 4.69) is 15.3 Å². The van der Waals surface area contributed by atoms with Gasteiger partial charge in [-0.25, -0.2) is 4.98 Å². The average molecular weight is 212 g/mol. The highest BCUT2D eigenvalue weighted by Crippen LogP contribution is 2.11. The summed E-state index contributed by atoms with van der Waals surface area (Å²) in [5.41, 5.74) is 5.27. The van der Waals surface area contributed by atoms with Crippen molar-refractivity contribution >= 4 is 11.5 Å². The summed E-state index contributed by atoms with van der Waals surface area (Å²) in [6.45, 7) is 2.07. The van der Waals surface area contributed by atoms with Crippen molar-refractivity contribution in [3.63, 3.8) is 0 Å². The molecule has 0 bridgehead atoms. The maximum Gasteiger partial charge on any atom is 0.276 e. The average Bonchev–Trinajstić information content (AvgIpc) is 2.24. The largest absolute Gasteiger partial charge is 0.396 e. The Morgan fingerprint density at radius 3 is 3.07 bits per heavy atom. The van der Waals surface area contributed by atoms with Crippen molar-refractivity contribution in [2.45, 2.75) is 25.8 Å². The molecule has 0 fully saturated rings. The maximum absolute atomic E-state index is 11.2. The summed E-state index contributed by atoms with van der Waals surface area (Å²) in [7, 11) is 0. The van der Waals surface area contributed by atoms with Gasteiger partial charge in [0.05, 0.1) is 6.33 Å². The predicted molar refractivity (Wildman–Crippen MR) is 58.7 cm³/mol. The fourth-order valence-corrected chi connectivity index (χ4v) is 1.25. The van der Waals surface area contributed by atoms with Crippen LogP contribution in [0, 0.1) is 0 Å². The van der Waals surface area contributed by atoms with E-state index in [-0.39, 0.29) is 23.9 Å². The SMILES string of the molecule is CCC(CCO)Nc1nc[nH]c(=O)c1N. The predicted octanol–water partition coefficient (Wildman–Crippen LogP) is -0.0750. The molecule has 1 unspecified atom stereocenters. The monoisotopic (exact) mass is 212 g/mol. The van der Waals surface area contributed by atoms with Crippen LogP contribution in [0.15, 0.2) is 11.1 Å².